The molecule has 4 rings (SSSR count). The van der Waals surface area contributed by atoms with Crippen molar-refractivity contribution in [3.05, 3.63) is 23.7 Å². The van der Waals surface area contributed by atoms with Gasteiger partial charge in [0.2, 0.25) is 5.91 Å². The molecule has 118 valence electrons. The molecule has 3 aromatic rings. The first kappa shape index (κ1) is 14.7. The third-order valence-electron chi connectivity index (χ3n) is 3.04. The number of hydrogen-bond acceptors (Lipinski definition) is 8. The Balaban J connectivity index is 1.47. The zero-order chi connectivity index (χ0) is 15.6. The van der Waals surface area contributed by atoms with E-state index in [1.54, 1.807) is 6.20 Å². The van der Waals surface area contributed by atoms with E-state index in [0.29, 0.717) is 29.8 Å². The molecule has 1 aliphatic rings. The third kappa shape index (κ3) is 3.26. The number of anilines is 1. The van der Waals surface area contributed by atoms with Crippen LogP contribution in [0.1, 0.15) is 0 Å². The van der Waals surface area contributed by atoms with Gasteiger partial charge in [-0.3, -0.25) is 4.79 Å². The van der Waals surface area contributed by atoms with Gasteiger partial charge in [0.1, 0.15) is 17.6 Å². The number of rotatable bonds is 4. The average molecular weight is 365 g/mol. The summed E-state index contributed by atoms with van der Waals surface area (Å²) in [6, 6.07) is 3.75. The number of carbonyl (C=O) groups excluding carboxylic acids is 1. The Hall–Kier alpha value is -1.84. The molecule has 0 atom stereocenters. The number of hydrogen-bond donors (Lipinski definition) is 1. The number of ether oxygens (including phenoxy) is 2. The van der Waals surface area contributed by atoms with E-state index in [2.05, 4.69) is 15.3 Å². The number of nitrogens with zero attached hydrogens (tertiary/aromatic N) is 2. The lowest BCUT2D eigenvalue weighted by Gasteiger charge is -2.17. The SMILES string of the molecule is O=C(CSc1nccs1)Nc1nc2cc3c(cc2s1)OCCO3. The van der Waals surface area contributed by atoms with Crippen molar-refractivity contribution in [2.75, 3.05) is 24.3 Å². The second-order valence-corrected chi connectivity index (χ2v) is 7.77. The quantitative estimate of drug-likeness (QED) is 0.716. The minimum atomic E-state index is -0.0958. The van der Waals surface area contributed by atoms with E-state index >= 15 is 0 Å². The first-order valence-corrected chi connectivity index (χ1v) is 9.48. The van der Waals surface area contributed by atoms with Crippen LogP contribution in [0.25, 0.3) is 10.2 Å². The van der Waals surface area contributed by atoms with Gasteiger partial charge < -0.3 is 14.8 Å². The smallest absolute Gasteiger partial charge is 0.236 e. The molecule has 3 heterocycles. The molecular formula is C14H11N3O3S3. The molecule has 0 saturated heterocycles. The summed E-state index contributed by atoms with van der Waals surface area (Å²) < 4.78 is 12.9. The molecule has 9 heteroatoms. The van der Waals surface area contributed by atoms with E-state index in [-0.39, 0.29) is 5.91 Å². The van der Waals surface area contributed by atoms with E-state index in [9.17, 15) is 4.79 Å². The van der Waals surface area contributed by atoms with Crippen LogP contribution in [0.2, 0.25) is 0 Å². The summed E-state index contributed by atoms with van der Waals surface area (Å²) in [4.78, 5) is 20.6. The van der Waals surface area contributed by atoms with Gasteiger partial charge in [-0.25, -0.2) is 9.97 Å². The van der Waals surface area contributed by atoms with Crippen molar-refractivity contribution in [1.29, 1.82) is 0 Å². The Bertz CT molecular complexity index is 805. The first-order chi connectivity index (χ1) is 11.3. The van der Waals surface area contributed by atoms with Crippen LogP contribution in [-0.4, -0.2) is 34.8 Å². The Morgan fingerprint density at radius 1 is 1.30 bits per heavy atom. The van der Waals surface area contributed by atoms with Gasteiger partial charge in [0, 0.05) is 23.7 Å². The number of nitrogens with one attached hydrogen (secondary N) is 1. The van der Waals surface area contributed by atoms with Gasteiger partial charge in [-0.15, -0.1) is 11.3 Å². The van der Waals surface area contributed by atoms with Crippen LogP contribution in [0, 0.1) is 0 Å². The summed E-state index contributed by atoms with van der Waals surface area (Å²) in [7, 11) is 0. The fourth-order valence-corrected chi connectivity index (χ4v) is 4.41. The highest BCUT2D eigenvalue weighted by molar-refractivity contribution is 8.01. The van der Waals surface area contributed by atoms with Crippen LogP contribution in [0.4, 0.5) is 5.13 Å². The highest BCUT2D eigenvalue weighted by Gasteiger charge is 2.16. The second kappa shape index (κ2) is 6.34. The van der Waals surface area contributed by atoms with Crippen LogP contribution < -0.4 is 14.8 Å². The predicted octanol–water partition coefficient (Wildman–Crippen LogP) is 3.25. The normalized spacial score (nSPS) is 13.2. The predicted molar refractivity (Wildman–Crippen MR) is 92.1 cm³/mol. The number of aromatic nitrogens is 2. The van der Waals surface area contributed by atoms with E-state index in [1.165, 1.54) is 34.4 Å². The maximum Gasteiger partial charge on any atom is 0.236 e. The van der Waals surface area contributed by atoms with Crippen LogP contribution in [0.3, 0.4) is 0 Å². The van der Waals surface area contributed by atoms with E-state index < -0.39 is 0 Å². The fraction of sp³-hybridized carbons (Fsp3) is 0.214. The van der Waals surface area contributed by atoms with Crippen LogP contribution in [0.15, 0.2) is 28.0 Å². The maximum absolute atomic E-state index is 12.0. The summed E-state index contributed by atoms with van der Waals surface area (Å²) in [5.41, 5.74) is 0.794. The molecule has 6 nitrogen and oxygen atoms in total. The van der Waals surface area contributed by atoms with Gasteiger partial charge in [0.25, 0.3) is 0 Å². The minimum absolute atomic E-state index is 0.0958. The Morgan fingerprint density at radius 3 is 2.91 bits per heavy atom. The molecule has 0 unspecified atom stereocenters. The molecule has 0 spiro atoms. The molecule has 1 aliphatic heterocycles. The zero-order valence-electron chi connectivity index (χ0n) is 11.8. The average Bonchev–Trinajstić information content (AvgIpc) is 3.19. The lowest BCUT2D eigenvalue weighted by atomic mass is 10.3. The number of carbonyl (C=O) groups is 1. The highest BCUT2D eigenvalue weighted by Crippen LogP contribution is 2.37. The van der Waals surface area contributed by atoms with Crippen molar-refractivity contribution >= 4 is 55.7 Å². The summed E-state index contributed by atoms with van der Waals surface area (Å²) in [6.07, 6.45) is 1.73. The van der Waals surface area contributed by atoms with Gasteiger partial charge >= 0.3 is 0 Å². The molecular weight excluding hydrogens is 354 g/mol. The Kier molecular flexibility index (Phi) is 4.06. The van der Waals surface area contributed by atoms with Gasteiger partial charge in [-0.2, -0.15) is 0 Å². The molecule has 1 aromatic carbocycles. The minimum Gasteiger partial charge on any atom is -0.486 e. The summed E-state index contributed by atoms with van der Waals surface area (Å²) >= 11 is 4.35. The van der Waals surface area contributed by atoms with Crippen LogP contribution >= 0.6 is 34.4 Å². The summed E-state index contributed by atoms with van der Waals surface area (Å²) in [5.74, 6) is 1.64. The molecule has 2 aromatic heterocycles. The van der Waals surface area contributed by atoms with E-state index in [0.717, 1.165) is 20.3 Å². The standard InChI is InChI=1S/C14H11N3O3S3/c18-12(7-22-14-15-1-4-21-14)17-13-16-8-5-9-10(6-11(8)23-13)20-3-2-19-9/h1,4-6H,2-3,7H2,(H,16,17,18). The third-order valence-corrected chi connectivity index (χ3v) is 5.93. The highest BCUT2D eigenvalue weighted by atomic mass is 32.2. The van der Waals surface area contributed by atoms with Crippen molar-refractivity contribution in [3.8, 4) is 11.5 Å². The topological polar surface area (TPSA) is 73.3 Å². The maximum atomic E-state index is 12.0. The monoisotopic (exact) mass is 365 g/mol. The molecule has 0 radical (unpaired) electrons. The van der Waals surface area contributed by atoms with Crippen molar-refractivity contribution in [1.82, 2.24) is 9.97 Å². The Labute approximate surface area is 143 Å². The van der Waals surface area contributed by atoms with Crippen molar-refractivity contribution < 1.29 is 14.3 Å². The largest absolute Gasteiger partial charge is 0.486 e. The van der Waals surface area contributed by atoms with E-state index in [4.69, 9.17) is 9.47 Å². The van der Waals surface area contributed by atoms with Gasteiger partial charge in [-0.05, 0) is 0 Å². The lowest BCUT2D eigenvalue weighted by Crippen LogP contribution is -2.15. The van der Waals surface area contributed by atoms with Crippen molar-refractivity contribution in [2.24, 2.45) is 0 Å². The van der Waals surface area contributed by atoms with Gasteiger partial charge in [0.05, 0.1) is 16.0 Å². The molecule has 0 aliphatic carbocycles. The molecule has 0 saturated carbocycles. The molecule has 0 fully saturated rings. The number of thioether (sulfide) groups is 1. The van der Waals surface area contributed by atoms with Crippen molar-refractivity contribution in [2.45, 2.75) is 4.34 Å². The van der Waals surface area contributed by atoms with Gasteiger partial charge in [0.15, 0.2) is 16.6 Å². The zero-order valence-corrected chi connectivity index (χ0v) is 14.2. The van der Waals surface area contributed by atoms with Crippen LogP contribution in [-0.2, 0) is 4.79 Å². The summed E-state index contributed by atoms with van der Waals surface area (Å²) in [5, 5.41) is 5.29. The number of amides is 1. The fourth-order valence-electron chi connectivity index (χ4n) is 2.08. The molecule has 1 N–H and O–H groups in total. The second-order valence-electron chi connectivity index (χ2n) is 4.62. The molecule has 1 amide bonds. The van der Waals surface area contributed by atoms with Gasteiger partial charge in [-0.1, -0.05) is 23.1 Å². The molecule has 0 bridgehead atoms. The summed E-state index contributed by atoms with van der Waals surface area (Å²) in [6.45, 7) is 1.09. The lowest BCUT2D eigenvalue weighted by molar-refractivity contribution is -0.113. The number of thiazole rings is 2. The van der Waals surface area contributed by atoms with Crippen LogP contribution in [0.5, 0.6) is 11.5 Å². The number of fused-ring (bicyclic) bond motifs is 2. The molecule has 23 heavy (non-hydrogen) atoms. The number of benzene rings is 1. The first-order valence-electron chi connectivity index (χ1n) is 6.80. The Morgan fingerprint density at radius 2 is 2.13 bits per heavy atom. The van der Waals surface area contributed by atoms with Crippen molar-refractivity contribution in [3.63, 3.8) is 0 Å². The van der Waals surface area contributed by atoms with E-state index in [1.807, 2.05) is 17.5 Å².